The van der Waals surface area contributed by atoms with Gasteiger partial charge in [0.25, 0.3) is 0 Å². The first-order valence-electron chi connectivity index (χ1n) is 6.17. The molecule has 0 aliphatic heterocycles. The van der Waals surface area contributed by atoms with Gasteiger partial charge in [0.05, 0.1) is 5.69 Å². The Kier molecular flexibility index (Phi) is 5.51. The molecule has 2 atom stereocenters. The van der Waals surface area contributed by atoms with E-state index in [0.717, 1.165) is 12.2 Å². The second-order valence-corrected chi connectivity index (χ2v) is 5.13. The number of hydrogen-bond acceptors (Lipinski definition) is 4. The summed E-state index contributed by atoms with van der Waals surface area (Å²) in [5, 5.41) is 3.62. The van der Waals surface area contributed by atoms with Gasteiger partial charge in [-0.15, -0.1) is 0 Å². The van der Waals surface area contributed by atoms with E-state index < -0.39 is 0 Å². The molecule has 0 amide bonds. The van der Waals surface area contributed by atoms with Crippen molar-refractivity contribution < 1.29 is 0 Å². The molecule has 96 valence electrons. The molecule has 4 heteroatoms. The van der Waals surface area contributed by atoms with Gasteiger partial charge in [-0.3, -0.25) is 9.97 Å². The monoisotopic (exact) mass is 236 g/mol. The van der Waals surface area contributed by atoms with Gasteiger partial charge in [-0.25, -0.2) is 0 Å². The first kappa shape index (κ1) is 14.1. The van der Waals surface area contributed by atoms with E-state index in [1.165, 1.54) is 0 Å². The average Bonchev–Trinajstić information content (AvgIpc) is 2.28. The van der Waals surface area contributed by atoms with E-state index in [1.807, 2.05) is 6.20 Å². The van der Waals surface area contributed by atoms with Gasteiger partial charge in [-0.05, 0) is 26.9 Å². The number of aromatic nitrogens is 2. The van der Waals surface area contributed by atoms with Gasteiger partial charge in [-0.2, -0.15) is 0 Å². The predicted octanol–water partition coefficient (Wildman–Crippen LogP) is 1.71. The lowest BCUT2D eigenvalue weighted by Gasteiger charge is -2.28. The van der Waals surface area contributed by atoms with Crippen LogP contribution in [-0.4, -0.2) is 41.5 Å². The molecule has 4 nitrogen and oxygen atoms in total. The highest BCUT2D eigenvalue weighted by molar-refractivity contribution is 5.01. The van der Waals surface area contributed by atoms with E-state index in [4.69, 9.17) is 0 Å². The smallest absolute Gasteiger partial charge is 0.0753 e. The first-order valence-corrected chi connectivity index (χ1v) is 6.17. The standard InChI is InChI=1S/C13H24N4/c1-10(2)13(9-17(4)5)16-11(3)12-8-14-6-7-15-12/h6-8,10-11,13,16H,9H2,1-5H3. The molecule has 1 aromatic rings. The van der Waals surface area contributed by atoms with Crippen LogP contribution in [0.2, 0.25) is 0 Å². The number of nitrogens with zero attached hydrogens (tertiary/aromatic N) is 3. The molecule has 1 heterocycles. The second-order valence-electron chi connectivity index (χ2n) is 5.13. The van der Waals surface area contributed by atoms with Crippen LogP contribution in [-0.2, 0) is 0 Å². The van der Waals surface area contributed by atoms with E-state index in [9.17, 15) is 0 Å². The summed E-state index contributed by atoms with van der Waals surface area (Å²) >= 11 is 0. The van der Waals surface area contributed by atoms with Crippen molar-refractivity contribution in [1.29, 1.82) is 0 Å². The van der Waals surface area contributed by atoms with E-state index in [2.05, 4.69) is 55.1 Å². The minimum Gasteiger partial charge on any atom is -0.308 e. The van der Waals surface area contributed by atoms with Gasteiger partial charge < -0.3 is 10.2 Å². The fourth-order valence-corrected chi connectivity index (χ4v) is 1.79. The van der Waals surface area contributed by atoms with E-state index in [1.54, 1.807) is 12.4 Å². The molecule has 17 heavy (non-hydrogen) atoms. The molecule has 1 N–H and O–H groups in total. The minimum absolute atomic E-state index is 0.232. The van der Waals surface area contributed by atoms with Gasteiger partial charge in [0, 0.05) is 37.2 Å². The van der Waals surface area contributed by atoms with Gasteiger partial charge in [0.2, 0.25) is 0 Å². The lowest BCUT2D eigenvalue weighted by atomic mass is 10.0. The van der Waals surface area contributed by atoms with Crippen LogP contribution in [0.4, 0.5) is 0 Å². The Balaban J connectivity index is 2.61. The van der Waals surface area contributed by atoms with Crippen LogP contribution in [0, 0.1) is 5.92 Å². The van der Waals surface area contributed by atoms with Gasteiger partial charge in [-0.1, -0.05) is 13.8 Å². The zero-order valence-electron chi connectivity index (χ0n) is 11.5. The Bertz CT molecular complexity index is 310. The zero-order valence-corrected chi connectivity index (χ0v) is 11.5. The lowest BCUT2D eigenvalue weighted by Crippen LogP contribution is -2.43. The Labute approximate surface area is 104 Å². The highest BCUT2D eigenvalue weighted by Gasteiger charge is 2.18. The van der Waals surface area contributed by atoms with Crippen molar-refractivity contribution >= 4 is 0 Å². The lowest BCUT2D eigenvalue weighted by molar-refractivity contribution is 0.272. The molecule has 2 unspecified atom stereocenters. The third-order valence-electron chi connectivity index (χ3n) is 2.86. The van der Waals surface area contributed by atoms with Gasteiger partial charge >= 0.3 is 0 Å². The highest BCUT2D eigenvalue weighted by Crippen LogP contribution is 2.12. The van der Waals surface area contributed by atoms with Crippen molar-refractivity contribution in [2.45, 2.75) is 32.9 Å². The molecule has 0 aromatic carbocycles. The third-order valence-corrected chi connectivity index (χ3v) is 2.86. The van der Waals surface area contributed by atoms with E-state index in [-0.39, 0.29) is 6.04 Å². The zero-order chi connectivity index (χ0) is 12.8. The molecule has 0 aliphatic carbocycles. The summed E-state index contributed by atoms with van der Waals surface area (Å²) in [6, 6.07) is 0.693. The normalized spacial score (nSPS) is 15.2. The minimum atomic E-state index is 0.232. The number of nitrogens with one attached hydrogen (secondary N) is 1. The Morgan fingerprint density at radius 3 is 2.41 bits per heavy atom. The number of rotatable bonds is 6. The van der Waals surface area contributed by atoms with Crippen LogP contribution in [0.25, 0.3) is 0 Å². The molecule has 0 saturated heterocycles. The van der Waals surface area contributed by atoms with E-state index in [0.29, 0.717) is 12.0 Å². The fourth-order valence-electron chi connectivity index (χ4n) is 1.79. The second kappa shape index (κ2) is 6.67. The molecule has 0 saturated carbocycles. The van der Waals surface area contributed by atoms with Crippen LogP contribution in [0.1, 0.15) is 32.5 Å². The van der Waals surface area contributed by atoms with Gasteiger partial charge in [0.15, 0.2) is 0 Å². The molecule has 1 aromatic heterocycles. The molecule has 0 fully saturated rings. The molecule has 0 bridgehead atoms. The van der Waals surface area contributed by atoms with Crippen molar-refractivity contribution in [2.75, 3.05) is 20.6 Å². The maximum Gasteiger partial charge on any atom is 0.0753 e. The topological polar surface area (TPSA) is 41.0 Å². The van der Waals surface area contributed by atoms with Crippen LogP contribution in [0.15, 0.2) is 18.6 Å². The van der Waals surface area contributed by atoms with Crippen LogP contribution >= 0.6 is 0 Å². The Hall–Kier alpha value is -1.00. The average molecular weight is 236 g/mol. The Morgan fingerprint density at radius 2 is 1.94 bits per heavy atom. The van der Waals surface area contributed by atoms with Crippen LogP contribution in [0.5, 0.6) is 0 Å². The quantitative estimate of drug-likeness (QED) is 0.816. The summed E-state index contributed by atoms with van der Waals surface area (Å²) < 4.78 is 0. The summed E-state index contributed by atoms with van der Waals surface area (Å²) in [6.45, 7) is 7.65. The van der Waals surface area contributed by atoms with Crippen molar-refractivity contribution in [3.05, 3.63) is 24.3 Å². The summed E-state index contributed by atoms with van der Waals surface area (Å²) in [6.07, 6.45) is 5.27. The predicted molar refractivity (Wildman–Crippen MR) is 70.8 cm³/mol. The molecule has 0 aliphatic rings. The molecular formula is C13H24N4. The van der Waals surface area contributed by atoms with Crippen molar-refractivity contribution in [3.8, 4) is 0 Å². The highest BCUT2D eigenvalue weighted by atomic mass is 15.1. The number of hydrogen-bond donors (Lipinski definition) is 1. The first-order chi connectivity index (χ1) is 8.00. The van der Waals surface area contributed by atoms with Crippen molar-refractivity contribution in [2.24, 2.45) is 5.92 Å². The Morgan fingerprint density at radius 1 is 1.24 bits per heavy atom. The molecule has 0 radical (unpaired) electrons. The molecule has 1 rings (SSSR count). The van der Waals surface area contributed by atoms with Crippen molar-refractivity contribution in [1.82, 2.24) is 20.2 Å². The van der Waals surface area contributed by atoms with Crippen LogP contribution < -0.4 is 5.32 Å². The summed E-state index contributed by atoms with van der Waals surface area (Å²) in [5.41, 5.74) is 0.997. The molecular weight excluding hydrogens is 212 g/mol. The summed E-state index contributed by atoms with van der Waals surface area (Å²) in [7, 11) is 4.20. The van der Waals surface area contributed by atoms with E-state index >= 15 is 0 Å². The summed E-state index contributed by atoms with van der Waals surface area (Å²) in [4.78, 5) is 10.6. The third kappa shape index (κ3) is 4.79. The number of likely N-dealkylation sites (N-methyl/N-ethyl adjacent to an activating group) is 1. The maximum atomic E-state index is 4.33. The van der Waals surface area contributed by atoms with Gasteiger partial charge in [0.1, 0.15) is 0 Å². The maximum absolute atomic E-state index is 4.33. The van der Waals surface area contributed by atoms with Crippen LogP contribution in [0.3, 0.4) is 0 Å². The fraction of sp³-hybridized carbons (Fsp3) is 0.692. The largest absolute Gasteiger partial charge is 0.308 e. The molecule has 0 spiro atoms. The SMILES string of the molecule is CC(NC(CN(C)C)C(C)C)c1cnccn1. The van der Waals surface area contributed by atoms with Crippen molar-refractivity contribution in [3.63, 3.8) is 0 Å². The summed E-state index contributed by atoms with van der Waals surface area (Å²) in [5.74, 6) is 0.594.